The number of hydrogen-bond acceptors (Lipinski definition) is 3. The van der Waals surface area contributed by atoms with E-state index < -0.39 is 0 Å². The molecule has 0 spiro atoms. The number of pyridine rings is 1. The fourth-order valence-electron chi connectivity index (χ4n) is 3.39. The Balaban J connectivity index is 1.67. The summed E-state index contributed by atoms with van der Waals surface area (Å²) in [6.45, 7) is 9.16. The summed E-state index contributed by atoms with van der Waals surface area (Å²) < 4.78 is 0. The quantitative estimate of drug-likeness (QED) is 0.587. The highest BCUT2D eigenvalue weighted by molar-refractivity contribution is 5.92. The van der Waals surface area contributed by atoms with E-state index in [4.69, 9.17) is 10.7 Å². The number of aliphatic imine (C=N–C) groups is 1. The highest BCUT2D eigenvalue weighted by atomic mass is 15.2. The number of hydrogen-bond donors (Lipinski definition) is 2. The molecule has 0 aliphatic carbocycles. The molecule has 1 aliphatic heterocycles. The molecule has 3 rings (SSSR count). The van der Waals surface area contributed by atoms with Gasteiger partial charge in [-0.1, -0.05) is 32.0 Å². The van der Waals surface area contributed by atoms with Gasteiger partial charge in [-0.05, 0) is 55.9 Å². The Morgan fingerprint density at radius 1 is 1.19 bits per heavy atom. The molecule has 1 aliphatic rings. The van der Waals surface area contributed by atoms with E-state index in [-0.39, 0.29) is 0 Å². The van der Waals surface area contributed by atoms with Crippen molar-refractivity contribution >= 4 is 17.5 Å². The summed E-state index contributed by atoms with van der Waals surface area (Å²) in [6, 6.07) is 12.6. The van der Waals surface area contributed by atoms with Crippen LogP contribution < -0.4 is 16.0 Å². The third-order valence-corrected chi connectivity index (χ3v) is 5.29. The predicted molar refractivity (Wildman–Crippen MR) is 115 cm³/mol. The largest absolute Gasteiger partial charge is 0.370 e. The van der Waals surface area contributed by atoms with Crippen molar-refractivity contribution in [2.45, 2.75) is 52.5 Å². The van der Waals surface area contributed by atoms with Crippen LogP contribution in [-0.4, -0.2) is 24.0 Å². The molecule has 0 bridgehead atoms. The van der Waals surface area contributed by atoms with Crippen LogP contribution in [0.2, 0.25) is 0 Å². The van der Waals surface area contributed by atoms with Crippen molar-refractivity contribution in [1.82, 2.24) is 4.98 Å². The van der Waals surface area contributed by atoms with E-state index in [1.165, 1.54) is 18.4 Å². The van der Waals surface area contributed by atoms with Crippen LogP contribution in [0.15, 0.2) is 41.4 Å². The van der Waals surface area contributed by atoms with Crippen molar-refractivity contribution in [3.05, 3.63) is 53.2 Å². The highest BCUT2D eigenvalue weighted by Gasteiger charge is 2.17. The molecule has 1 saturated heterocycles. The maximum atomic E-state index is 6.12. The Morgan fingerprint density at radius 2 is 1.89 bits per heavy atom. The molecule has 1 aromatic carbocycles. The zero-order chi connectivity index (χ0) is 19.2. The lowest BCUT2D eigenvalue weighted by Gasteiger charge is -2.20. The maximum absolute atomic E-state index is 6.12. The molecule has 5 heteroatoms. The Hall–Kier alpha value is -2.56. The molecule has 0 saturated carbocycles. The van der Waals surface area contributed by atoms with E-state index in [2.05, 4.69) is 59.4 Å². The highest BCUT2D eigenvalue weighted by Crippen LogP contribution is 2.24. The lowest BCUT2D eigenvalue weighted by Crippen LogP contribution is -2.23. The summed E-state index contributed by atoms with van der Waals surface area (Å²) in [5.74, 6) is 2.06. The maximum Gasteiger partial charge on any atom is 0.193 e. The molecule has 3 N–H and O–H groups in total. The van der Waals surface area contributed by atoms with E-state index in [0.29, 0.717) is 18.4 Å². The molecule has 1 aromatic heterocycles. The first-order valence-electron chi connectivity index (χ1n) is 9.95. The monoisotopic (exact) mass is 365 g/mol. The second-order valence-corrected chi connectivity index (χ2v) is 7.39. The summed E-state index contributed by atoms with van der Waals surface area (Å²) in [7, 11) is 0. The first-order chi connectivity index (χ1) is 13.1. The topological polar surface area (TPSA) is 66.5 Å². The van der Waals surface area contributed by atoms with Crippen LogP contribution in [0.4, 0.5) is 11.5 Å². The van der Waals surface area contributed by atoms with Gasteiger partial charge in [0.25, 0.3) is 0 Å². The van der Waals surface area contributed by atoms with Gasteiger partial charge in [0.05, 0.1) is 6.54 Å². The third kappa shape index (κ3) is 5.00. The molecular weight excluding hydrogens is 334 g/mol. The minimum Gasteiger partial charge on any atom is -0.370 e. The number of benzene rings is 1. The summed E-state index contributed by atoms with van der Waals surface area (Å²) in [5.41, 5.74) is 10.6. The molecule has 2 aromatic rings. The minimum atomic E-state index is 0.430. The molecule has 1 atom stereocenters. The summed E-state index contributed by atoms with van der Waals surface area (Å²) in [6.07, 6.45) is 3.60. The molecule has 144 valence electrons. The Morgan fingerprint density at radius 3 is 2.56 bits per heavy atom. The van der Waals surface area contributed by atoms with Gasteiger partial charge in [-0.3, -0.25) is 0 Å². The molecule has 0 amide bonds. The van der Waals surface area contributed by atoms with Crippen molar-refractivity contribution in [2.75, 3.05) is 23.3 Å². The molecule has 27 heavy (non-hydrogen) atoms. The van der Waals surface area contributed by atoms with Crippen LogP contribution in [-0.2, 0) is 6.54 Å². The normalized spacial score (nSPS) is 15.8. The predicted octanol–water partition coefficient (Wildman–Crippen LogP) is 4.43. The van der Waals surface area contributed by atoms with Crippen molar-refractivity contribution in [3.8, 4) is 0 Å². The number of nitrogens with one attached hydrogen (secondary N) is 1. The van der Waals surface area contributed by atoms with Gasteiger partial charge in [-0.25, -0.2) is 9.98 Å². The second kappa shape index (κ2) is 8.89. The zero-order valence-corrected chi connectivity index (χ0v) is 16.7. The Labute approximate surface area is 162 Å². The molecule has 0 radical (unpaired) electrons. The van der Waals surface area contributed by atoms with Crippen LogP contribution >= 0.6 is 0 Å². The average Bonchev–Trinajstić information content (AvgIpc) is 3.21. The van der Waals surface area contributed by atoms with Gasteiger partial charge in [0.2, 0.25) is 0 Å². The van der Waals surface area contributed by atoms with E-state index >= 15 is 0 Å². The fraction of sp³-hybridized carbons (Fsp3) is 0.455. The van der Waals surface area contributed by atoms with Crippen molar-refractivity contribution in [2.24, 2.45) is 10.7 Å². The van der Waals surface area contributed by atoms with Gasteiger partial charge in [-0.15, -0.1) is 0 Å². The van der Waals surface area contributed by atoms with E-state index in [1.54, 1.807) is 0 Å². The molecule has 5 nitrogen and oxygen atoms in total. The van der Waals surface area contributed by atoms with Crippen LogP contribution in [0.3, 0.4) is 0 Å². The molecule has 1 unspecified atom stereocenters. The van der Waals surface area contributed by atoms with Crippen LogP contribution in [0.1, 0.15) is 55.8 Å². The standard InChI is InChI=1S/C22H31N5/c1-4-16(2)18-9-11-20(12-10-18)26-22(23)24-15-19-8-7-17(3)25-21(19)27-13-5-6-14-27/h7-12,16H,4-6,13-15H2,1-3H3,(H3,23,24,26). The second-order valence-electron chi connectivity index (χ2n) is 7.39. The van der Waals surface area contributed by atoms with Crippen LogP contribution in [0, 0.1) is 6.92 Å². The lowest BCUT2D eigenvalue weighted by molar-refractivity contribution is 0.734. The van der Waals surface area contributed by atoms with Gasteiger partial charge in [0.15, 0.2) is 5.96 Å². The van der Waals surface area contributed by atoms with Gasteiger partial charge in [0, 0.05) is 30.0 Å². The van der Waals surface area contributed by atoms with E-state index in [1.807, 2.05) is 13.0 Å². The molecule has 2 heterocycles. The van der Waals surface area contributed by atoms with E-state index in [9.17, 15) is 0 Å². The van der Waals surface area contributed by atoms with Crippen molar-refractivity contribution < 1.29 is 0 Å². The van der Waals surface area contributed by atoms with Crippen LogP contribution in [0.25, 0.3) is 0 Å². The average molecular weight is 366 g/mol. The molecular formula is C22H31N5. The zero-order valence-electron chi connectivity index (χ0n) is 16.7. The number of aryl methyl sites for hydroxylation is 1. The SMILES string of the molecule is CCC(C)c1ccc(NC(N)=NCc2ccc(C)nc2N2CCCC2)cc1. The Kier molecular flexibility index (Phi) is 6.32. The fourth-order valence-corrected chi connectivity index (χ4v) is 3.39. The van der Waals surface area contributed by atoms with Crippen molar-refractivity contribution in [3.63, 3.8) is 0 Å². The van der Waals surface area contributed by atoms with Crippen molar-refractivity contribution in [1.29, 1.82) is 0 Å². The number of anilines is 2. The van der Waals surface area contributed by atoms with E-state index in [0.717, 1.165) is 42.3 Å². The minimum absolute atomic E-state index is 0.430. The number of guanidine groups is 1. The Bertz CT molecular complexity index is 776. The summed E-state index contributed by atoms with van der Waals surface area (Å²) in [5, 5.41) is 3.19. The first kappa shape index (κ1) is 19.2. The smallest absolute Gasteiger partial charge is 0.193 e. The van der Waals surface area contributed by atoms with Gasteiger partial charge >= 0.3 is 0 Å². The number of nitrogens with two attached hydrogens (primary N) is 1. The third-order valence-electron chi connectivity index (χ3n) is 5.29. The summed E-state index contributed by atoms with van der Waals surface area (Å²) >= 11 is 0. The molecule has 1 fully saturated rings. The van der Waals surface area contributed by atoms with Gasteiger partial charge < -0.3 is 16.0 Å². The van der Waals surface area contributed by atoms with Gasteiger partial charge in [-0.2, -0.15) is 0 Å². The summed E-state index contributed by atoms with van der Waals surface area (Å²) in [4.78, 5) is 11.6. The van der Waals surface area contributed by atoms with Gasteiger partial charge in [0.1, 0.15) is 5.82 Å². The van der Waals surface area contributed by atoms with Crippen LogP contribution in [0.5, 0.6) is 0 Å². The lowest BCUT2D eigenvalue weighted by atomic mass is 9.99. The number of aromatic nitrogens is 1. The first-order valence-corrected chi connectivity index (χ1v) is 9.95. The number of nitrogens with zero attached hydrogens (tertiary/aromatic N) is 3. The number of rotatable bonds is 6.